The highest BCUT2D eigenvalue weighted by Gasteiger charge is 1.94. The Labute approximate surface area is 93.7 Å². The molecule has 0 spiro atoms. The Morgan fingerprint density at radius 3 is 2.73 bits per heavy atom. The standard InChI is InChI=1S/C10H15N3OS/c11-10(13-12)15-8-4-7-14-9-5-2-1-3-6-9/h1-3,5-6H,4,7-8,12H2,(H2,11,13). The van der Waals surface area contributed by atoms with Crippen LogP contribution in [0.5, 0.6) is 5.75 Å². The summed E-state index contributed by atoms with van der Waals surface area (Å²) < 4.78 is 5.50. The van der Waals surface area contributed by atoms with Crippen LogP contribution in [0.25, 0.3) is 0 Å². The second kappa shape index (κ2) is 7.00. The number of nitrogens with two attached hydrogens (primary N) is 2. The second-order valence-corrected chi connectivity index (χ2v) is 3.95. The van der Waals surface area contributed by atoms with Gasteiger partial charge in [0.25, 0.3) is 0 Å². The van der Waals surface area contributed by atoms with E-state index in [1.807, 2.05) is 30.3 Å². The van der Waals surface area contributed by atoms with E-state index in [0.29, 0.717) is 11.8 Å². The molecule has 0 amide bonds. The molecular formula is C10H15N3OS. The number of ether oxygens (including phenoxy) is 1. The van der Waals surface area contributed by atoms with Crippen LogP contribution in [0.2, 0.25) is 0 Å². The number of nitrogens with zero attached hydrogens (tertiary/aromatic N) is 1. The highest BCUT2D eigenvalue weighted by Crippen LogP contribution is 2.09. The lowest BCUT2D eigenvalue weighted by atomic mass is 10.3. The molecule has 0 bridgehead atoms. The van der Waals surface area contributed by atoms with Crippen LogP contribution in [-0.2, 0) is 0 Å². The minimum atomic E-state index is 0.412. The van der Waals surface area contributed by atoms with Gasteiger partial charge >= 0.3 is 0 Å². The molecule has 0 aliphatic rings. The molecule has 0 radical (unpaired) electrons. The molecule has 1 rings (SSSR count). The molecule has 4 N–H and O–H groups in total. The minimum absolute atomic E-state index is 0.412. The fourth-order valence-electron chi connectivity index (χ4n) is 0.980. The molecule has 0 fully saturated rings. The molecule has 4 nitrogen and oxygen atoms in total. The van der Waals surface area contributed by atoms with Crippen molar-refractivity contribution in [3.8, 4) is 5.75 Å². The van der Waals surface area contributed by atoms with Crippen LogP contribution in [0.15, 0.2) is 35.4 Å². The summed E-state index contributed by atoms with van der Waals surface area (Å²) in [6.07, 6.45) is 0.912. The average molecular weight is 225 g/mol. The number of amidine groups is 1. The number of thioether (sulfide) groups is 1. The van der Waals surface area contributed by atoms with Gasteiger partial charge < -0.3 is 16.3 Å². The van der Waals surface area contributed by atoms with Gasteiger partial charge in [0, 0.05) is 5.75 Å². The third-order valence-corrected chi connectivity index (χ3v) is 2.57. The molecule has 0 aliphatic heterocycles. The van der Waals surface area contributed by atoms with Gasteiger partial charge in [-0.25, -0.2) is 0 Å². The lowest BCUT2D eigenvalue weighted by Crippen LogP contribution is -2.10. The number of benzene rings is 1. The van der Waals surface area contributed by atoms with Crippen LogP contribution in [0.1, 0.15) is 6.42 Å². The third-order valence-electron chi connectivity index (χ3n) is 1.68. The molecule has 1 aromatic rings. The first kappa shape index (κ1) is 11.7. The predicted molar refractivity (Wildman–Crippen MR) is 64.8 cm³/mol. The van der Waals surface area contributed by atoms with Crippen molar-refractivity contribution in [1.82, 2.24) is 0 Å². The SMILES string of the molecule is NN=C(N)SCCCOc1ccccc1. The topological polar surface area (TPSA) is 73.6 Å². The van der Waals surface area contributed by atoms with Crippen molar-refractivity contribution >= 4 is 16.9 Å². The quantitative estimate of drug-likeness (QED) is 0.261. The third kappa shape index (κ3) is 5.17. The maximum Gasteiger partial charge on any atom is 0.177 e. The Hall–Kier alpha value is -1.36. The molecule has 0 aliphatic carbocycles. The number of hydrogen-bond acceptors (Lipinski definition) is 4. The normalized spacial score (nSPS) is 11.3. The molecular weight excluding hydrogens is 210 g/mol. The van der Waals surface area contributed by atoms with Crippen molar-refractivity contribution < 1.29 is 4.74 Å². The molecule has 0 heterocycles. The van der Waals surface area contributed by atoms with Crippen LogP contribution in [0, 0.1) is 0 Å². The predicted octanol–water partition coefficient (Wildman–Crippen LogP) is 1.38. The van der Waals surface area contributed by atoms with Gasteiger partial charge in [-0.15, -0.1) is 0 Å². The van der Waals surface area contributed by atoms with Crippen LogP contribution >= 0.6 is 11.8 Å². The van der Waals surface area contributed by atoms with Gasteiger partial charge in [0.15, 0.2) is 5.17 Å². The van der Waals surface area contributed by atoms with Crippen molar-refractivity contribution in [2.24, 2.45) is 16.7 Å². The molecule has 1 aromatic carbocycles. The van der Waals surface area contributed by atoms with Crippen molar-refractivity contribution in [3.63, 3.8) is 0 Å². The van der Waals surface area contributed by atoms with E-state index >= 15 is 0 Å². The number of para-hydroxylation sites is 1. The van der Waals surface area contributed by atoms with Gasteiger partial charge in [0.05, 0.1) is 6.61 Å². The van der Waals surface area contributed by atoms with Crippen molar-refractivity contribution in [2.75, 3.05) is 12.4 Å². The summed E-state index contributed by atoms with van der Waals surface area (Å²) in [5.41, 5.74) is 5.41. The van der Waals surface area contributed by atoms with E-state index in [-0.39, 0.29) is 0 Å². The molecule has 0 aromatic heterocycles. The smallest absolute Gasteiger partial charge is 0.177 e. The summed E-state index contributed by atoms with van der Waals surface area (Å²) in [4.78, 5) is 0. The summed E-state index contributed by atoms with van der Waals surface area (Å²) >= 11 is 1.43. The van der Waals surface area contributed by atoms with E-state index in [2.05, 4.69) is 5.10 Å². The molecule has 0 saturated carbocycles. The maximum atomic E-state index is 5.50. The zero-order chi connectivity index (χ0) is 10.9. The van der Waals surface area contributed by atoms with E-state index in [1.54, 1.807) is 0 Å². The molecule has 0 atom stereocenters. The summed E-state index contributed by atoms with van der Waals surface area (Å²) in [5, 5.41) is 3.77. The number of hydrogen-bond donors (Lipinski definition) is 2. The van der Waals surface area contributed by atoms with Gasteiger partial charge in [-0.05, 0) is 18.6 Å². The zero-order valence-electron chi connectivity index (χ0n) is 8.43. The van der Waals surface area contributed by atoms with Crippen molar-refractivity contribution in [1.29, 1.82) is 0 Å². The Bertz CT molecular complexity index is 303. The molecule has 0 unspecified atom stereocenters. The maximum absolute atomic E-state index is 5.50. The van der Waals surface area contributed by atoms with Crippen molar-refractivity contribution in [3.05, 3.63) is 30.3 Å². The van der Waals surface area contributed by atoms with E-state index in [4.69, 9.17) is 16.3 Å². The Morgan fingerprint density at radius 1 is 1.33 bits per heavy atom. The molecule has 15 heavy (non-hydrogen) atoms. The van der Waals surface area contributed by atoms with Gasteiger partial charge in [-0.1, -0.05) is 30.0 Å². The monoisotopic (exact) mass is 225 g/mol. The summed E-state index contributed by atoms with van der Waals surface area (Å²) in [7, 11) is 0. The first-order valence-corrected chi connectivity index (χ1v) is 5.65. The largest absolute Gasteiger partial charge is 0.494 e. The molecule has 82 valence electrons. The van der Waals surface area contributed by atoms with Gasteiger partial charge in [-0.3, -0.25) is 0 Å². The highest BCUT2D eigenvalue weighted by molar-refractivity contribution is 8.13. The first-order chi connectivity index (χ1) is 7.33. The van der Waals surface area contributed by atoms with Gasteiger partial charge in [0.2, 0.25) is 0 Å². The van der Waals surface area contributed by atoms with E-state index in [0.717, 1.165) is 17.9 Å². The summed E-state index contributed by atoms with van der Waals surface area (Å²) in [6.45, 7) is 0.675. The fraction of sp³-hybridized carbons (Fsp3) is 0.300. The Kier molecular flexibility index (Phi) is 5.47. The number of hydrazone groups is 1. The van der Waals surface area contributed by atoms with Crippen LogP contribution < -0.4 is 16.3 Å². The van der Waals surface area contributed by atoms with Crippen molar-refractivity contribution in [2.45, 2.75) is 6.42 Å². The minimum Gasteiger partial charge on any atom is -0.494 e. The summed E-state index contributed by atoms with van der Waals surface area (Å²) in [5.74, 6) is 6.74. The Balaban J connectivity index is 2.08. The van der Waals surface area contributed by atoms with Crippen LogP contribution in [0.4, 0.5) is 0 Å². The fourth-order valence-corrected chi connectivity index (χ4v) is 1.53. The average Bonchev–Trinajstić information content (AvgIpc) is 2.29. The molecule has 0 saturated heterocycles. The van der Waals surface area contributed by atoms with E-state index in [1.165, 1.54) is 11.8 Å². The van der Waals surface area contributed by atoms with E-state index < -0.39 is 0 Å². The lowest BCUT2D eigenvalue weighted by molar-refractivity contribution is 0.319. The van der Waals surface area contributed by atoms with E-state index in [9.17, 15) is 0 Å². The first-order valence-electron chi connectivity index (χ1n) is 4.67. The Morgan fingerprint density at radius 2 is 2.07 bits per heavy atom. The highest BCUT2D eigenvalue weighted by atomic mass is 32.2. The zero-order valence-corrected chi connectivity index (χ0v) is 9.24. The van der Waals surface area contributed by atoms with Crippen LogP contribution in [-0.4, -0.2) is 17.5 Å². The number of rotatable bonds is 5. The van der Waals surface area contributed by atoms with Gasteiger partial charge in [-0.2, -0.15) is 5.10 Å². The molecule has 5 heteroatoms. The second-order valence-electron chi connectivity index (χ2n) is 2.83. The van der Waals surface area contributed by atoms with Crippen LogP contribution in [0.3, 0.4) is 0 Å². The lowest BCUT2D eigenvalue weighted by Gasteiger charge is -2.04. The van der Waals surface area contributed by atoms with Gasteiger partial charge in [0.1, 0.15) is 5.75 Å². The summed E-state index contributed by atoms with van der Waals surface area (Å²) in [6, 6.07) is 9.72.